The summed E-state index contributed by atoms with van der Waals surface area (Å²) >= 11 is 0. The molecule has 1 aliphatic carbocycles. The molecular formula is C53H46N4O12S2. The van der Waals surface area contributed by atoms with Gasteiger partial charge in [-0.15, -0.1) is 0 Å². The molecule has 0 atom stereocenters. The monoisotopic (exact) mass is 994 g/mol. The molecule has 71 heavy (non-hydrogen) atoms. The minimum absolute atomic E-state index is 0.0225. The maximum Gasteiger partial charge on any atom is 0.295 e. The number of benzene rings is 6. The highest BCUT2D eigenvalue weighted by Crippen LogP contribution is 2.38. The summed E-state index contributed by atoms with van der Waals surface area (Å²) < 4.78 is 70.6. The number of rotatable bonds is 15. The Kier molecular flexibility index (Phi) is 14.4. The molecule has 0 bridgehead atoms. The van der Waals surface area contributed by atoms with E-state index in [-0.39, 0.29) is 46.9 Å². The number of nitro benzene ring substituents is 2. The second kappa shape index (κ2) is 20.1. The van der Waals surface area contributed by atoms with Crippen LogP contribution in [-0.4, -0.2) is 53.1 Å². The highest BCUT2D eigenvalue weighted by Gasteiger charge is 2.26. The molecule has 0 aromatic heterocycles. The van der Waals surface area contributed by atoms with Crippen LogP contribution in [0, 0.1) is 61.8 Å². The minimum Gasteiger partial charge on any atom is -0.355 e. The lowest BCUT2D eigenvalue weighted by molar-refractivity contribution is -0.385. The van der Waals surface area contributed by atoms with Crippen LogP contribution in [0.25, 0.3) is 5.57 Å². The van der Waals surface area contributed by atoms with Crippen LogP contribution in [0.5, 0.6) is 0 Å². The number of carbonyl (C=O) groups excluding carboxylic acids is 2. The van der Waals surface area contributed by atoms with Gasteiger partial charge in [-0.05, 0) is 163 Å². The number of allylic oxidation sites excluding steroid dienone is 5. The van der Waals surface area contributed by atoms with Crippen molar-refractivity contribution in [1.82, 2.24) is 0 Å². The van der Waals surface area contributed by atoms with Gasteiger partial charge in [0.25, 0.3) is 31.6 Å². The van der Waals surface area contributed by atoms with Gasteiger partial charge in [-0.25, -0.2) is 4.99 Å². The van der Waals surface area contributed by atoms with Crippen molar-refractivity contribution >= 4 is 71.5 Å². The van der Waals surface area contributed by atoms with E-state index in [1.165, 1.54) is 54.6 Å². The molecule has 6 aromatic rings. The van der Waals surface area contributed by atoms with Gasteiger partial charge in [0.1, 0.15) is 4.90 Å². The van der Waals surface area contributed by atoms with E-state index < -0.39 is 39.9 Å². The summed E-state index contributed by atoms with van der Waals surface area (Å²) in [5, 5.41) is 25.7. The van der Waals surface area contributed by atoms with Gasteiger partial charge in [-0.1, -0.05) is 42.5 Å². The number of carbonyl (C=O) groups is 2. The first-order valence-corrected chi connectivity index (χ1v) is 24.7. The highest BCUT2D eigenvalue weighted by molar-refractivity contribution is 7.86. The number of nitro groups is 2. The molecule has 3 N–H and O–H groups in total. The Morgan fingerprint density at radius 2 is 1.06 bits per heavy atom. The molecule has 1 aliphatic rings. The molecule has 18 heteroatoms. The van der Waals surface area contributed by atoms with E-state index in [1.807, 2.05) is 53.7 Å². The standard InChI is InChI=1S/C53H46N4O12S2/c1-30-25-32(3)52(34(5)46(30)28-48(58)36-11-19-42(20-12-36)56(60)61)54-40-15-7-38(8-16-40)51(45-24-23-44(70(64,65)66)27-50(45)71(67,68)69)39-9-17-41(18-10-39)55-53-33(4)26-31(2)47(35(53)6)29-49(59)37-13-21-43(22-14-37)57(62)63/h7-27,54H,28-29H2,1-6H3,(H,64,65,66)(H,67,68,69). The lowest BCUT2D eigenvalue weighted by Gasteiger charge is -2.20. The van der Waals surface area contributed by atoms with E-state index in [9.17, 15) is 55.8 Å². The zero-order chi connectivity index (χ0) is 51.7. The predicted molar refractivity (Wildman–Crippen MR) is 271 cm³/mol. The third-order valence-electron chi connectivity index (χ3n) is 12.3. The molecule has 16 nitrogen and oxygen atoms in total. The second-order valence-corrected chi connectivity index (χ2v) is 19.9. The zero-order valence-corrected chi connectivity index (χ0v) is 40.8. The smallest absolute Gasteiger partial charge is 0.295 e. The fraction of sp³-hybridized carbons (Fsp3) is 0.151. The molecule has 0 aliphatic heterocycles. The SMILES string of the molecule is Cc1cc(C)c(N=C2C=CC(=C(c3ccc(Nc4c(C)cc(C)c(CC(=O)c5ccc([N+](=O)[O-])cc5)c4C)cc3)c3ccc(S(=O)(=O)O)cc3S(=O)(=O)O)C=C2)c(C)c1CC(=O)c1ccc([N+](=O)[O-])cc1. The Bertz CT molecular complexity index is 3560. The normalized spacial score (nSPS) is 12.5. The van der Waals surface area contributed by atoms with Gasteiger partial charge < -0.3 is 5.32 Å². The molecule has 0 heterocycles. The van der Waals surface area contributed by atoms with Crippen LogP contribution in [0.2, 0.25) is 0 Å². The van der Waals surface area contributed by atoms with Gasteiger partial charge in [0.2, 0.25) is 0 Å². The first-order valence-electron chi connectivity index (χ1n) is 21.8. The van der Waals surface area contributed by atoms with Crippen LogP contribution in [0.1, 0.15) is 76.4 Å². The lowest BCUT2D eigenvalue weighted by atomic mass is 9.90. The average molecular weight is 995 g/mol. The average Bonchev–Trinajstić information content (AvgIpc) is 3.32. The Morgan fingerprint density at radius 3 is 1.54 bits per heavy atom. The molecule has 0 saturated carbocycles. The molecule has 0 radical (unpaired) electrons. The van der Waals surface area contributed by atoms with E-state index in [4.69, 9.17) is 4.99 Å². The van der Waals surface area contributed by atoms with Gasteiger partial charge in [-0.3, -0.25) is 38.9 Å². The number of aryl methyl sites for hydroxylation is 4. The quantitative estimate of drug-likeness (QED) is 0.0375. The number of Topliss-reactive ketones (excluding diaryl/α,β-unsaturated/α-hetero) is 2. The number of non-ortho nitro benzene ring substituents is 2. The molecule has 0 amide bonds. The van der Waals surface area contributed by atoms with Crippen molar-refractivity contribution in [2.75, 3.05) is 5.32 Å². The number of nitrogens with one attached hydrogen (secondary N) is 1. The zero-order valence-electron chi connectivity index (χ0n) is 39.2. The number of hydrogen-bond donors (Lipinski definition) is 3. The van der Waals surface area contributed by atoms with Crippen LogP contribution in [0.4, 0.5) is 28.4 Å². The number of anilines is 2. The van der Waals surface area contributed by atoms with Crippen molar-refractivity contribution in [2.45, 2.75) is 64.2 Å². The Morgan fingerprint density at radius 1 is 0.577 bits per heavy atom. The highest BCUT2D eigenvalue weighted by atomic mass is 32.2. The summed E-state index contributed by atoms with van der Waals surface area (Å²) in [6.45, 7) is 11.3. The molecule has 0 saturated heterocycles. The summed E-state index contributed by atoms with van der Waals surface area (Å²) in [7, 11) is -10.00. The Balaban J connectivity index is 1.25. The second-order valence-electron chi connectivity index (χ2n) is 17.1. The van der Waals surface area contributed by atoms with Gasteiger partial charge >= 0.3 is 0 Å². The number of ketones is 2. The van der Waals surface area contributed by atoms with Crippen LogP contribution < -0.4 is 5.32 Å². The van der Waals surface area contributed by atoms with E-state index in [0.717, 1.165) is 56.3 Å². The number of aliphatic imine (C=N–C) groups is 1. The molecule has 0 fully saturated rings. The van der Waals surface area contributed by atoms with Crippen molar-refractivity contribution < 1.29 is 45.4 Å². The van der Waals surface area contributed by atoms with Gasteiger partial charge in [-0.2, -0.15) is 16.8 Å². The molecule has 0 unspecified atom stereocenters. The molecule has 6 aromatic carbocycles. The van der Waals surface area contributed by atoms with Gasteiger partial charge in [0, 0.05) is 65.2 Å². The molecule has 362 valence electrons. The largest absolute Gasteiger partial charge is 0.355 e. The molecular weight excluding hydrogens is 949 g/mol. The van der Waals surface area contributed by atoms with Crippen molar-refractivity contribution in [3.8, 4) is 0 Å². The van der Waals surface area contributed by atoms with Crippen LogP contribution >= 0.6 is 0 Å². The van der Waals surface area contributed by atoms with Gasteiger partial charge in [0.15, 0.2) is 11.6 Å². The summed E-state index contributed by atoms with van der Waals surface area (Å²) in [5.74, 6) is -0.447. The lowest BCUT2D eigenvalue weighted by Crippen LogP contribution is -2.09. The van der Waals surface area contributed by atoms with E-state index in [1.54, 1.807) is 48.6 Å². The predicted octanol–water partition coefficient (Wildman–Crippen LogP) is 11.1. The van der Waals surface area contributed by atoms with E-state index in [2.05, 4.69) is 5.32 Å². The minimum atomic E-state index is -5.10. The Hall–Kier alpha value is -8.03. The summed E-state index contributed by atoms with van der Waals surface area (Å²) in [4.78, 5) is 51.4. The molecule has 0 spiro atoms. The maximum absolute atomic E-state index is 13.4. The van der Waals surface area contributed by atoms with Crippen LogP contribution in [0.15, 0.2) is 148 Å². The van der Waals surface area contributed by atoms with Crippen molar-refractivity contribution in [3.05, 3.63) is 220 Å². The first kappa shape index (κ1) is 50.8. The third kappa shape index (κ3) is 11.2. The van der Waals surface area contributed by atoms with E-state index >= 15 is 0 Å². The summed E-state index contributed by atoms with van der Waals surface area (Å²) in [6.07, 6.45) is 6.81. The summed E-state index contributed by atoms with van der Waals surface area (Å²) in [5.41, 5.74) is 10.5. The van der Waals surface area contributed by atoms with E-state index in [0.29, 0.717) is 45.4 Å². The molecule has 7 rings (SSSR count). The Labute approximate surface area is 409 Å². The van der Waals surface area contributed by atoms with Crippen molar-refractivity contribution in [3.63, 3.8) is 0 Å². The first-order chi connectivity index (χ1) is 33.4. The summed E-state index contributed by atoms with van der Waals surface area (Å²) in [6, 6.07) is 24.5. The van der Waals surface area contributed by atoms with Crippen molar-refractivity contribution in [2.24, 2.45) is 4.99 Å². The maximum atomic E-state index is 13.4. The fourth-order valence-electron chi connectivity index (χ4n) is 8.67. The van der Waals surface area contributed by atoms with Gasteiger partial charge in [0.05, 0.1) is 26.1 Å². The van der Waals surface area contributed by atoms with Crippen LogP contribution in [-0.2, 0) is 33.1 Å². The fourth-order valence-corrected chi connectivity index (χ4v) is 9.98. The van der Waals surface area contributed by atoms with Crippen molar-refractivity contribution in [1.29, 1.82) is 0 Å². The third-order valence-corrected chi connectivity index (χ3v) is 14.1. The van der Waals surface area contributed by atoms with Crippen LogP contribution in [0.3, 0.4) is 0 Å². The number of hydrogen-bond acceptors (Lipinski definition) is 12. The topological polar surface area (TPSA) is 254 Å². The number of nitrogens with zero attached hydrogens (tertiary/aromatic N) is 3.